The van der Waals surface area contributed by atoms with E-state index in [0.717, 1.165) is 49.2 Å². The minimum absolute atomic E-state index is 0.242. The van der Waals surface area contributed by atoms with Gasteiger partial charge in [-0.3, -0.25) is 0 Å². The van der Waals surface area contributed by atoms with Gasteiger partial charge in [-0.1, -0.05) is 12.1 Å². The van der Waals surface area contributed by atoms with Crippen LogP contribution in [0, 0.1) is 31.0 Å². The predicted octanol–water partition coefficient (Wildman–Crippen LogP) is 5.51. The van der Waals surface area contributed by atoms with Crippen molar-refractivity contribution in [3.8, 4) is 17.2 Å². The summed E-state index contributed by atoms with van der Waals surface area (Å²) in [4.78, 5) is 11.3. The van der Waals surface area contributed by atoms with Gasteiger partial charge in [0.2, 0.25) is 0 Å². The fraction of sp³-hybridized carbons (Fsp3) is 0.278. The Morgan fingerprint density at radius 1 is 1.21 bits per heavy atom. The zero-order valence-electron chi connectivity index (χ0n) is 13.5. The second-order valence-corrected chi connectivity index (χ2v) is 7.69. The lowest BCUT2D eigenvalue weighted by Gasteiger charge is -2.07. The molecule has 0 amide bonds. The first-order chi connectivity index (χ1) is 11.6. The monoisotopic (exact) mass is 357 g/mol. The summed E-state index contributed by atoms with van der Waals surface area (Å²) in [6, 6.07) is 8.73. The minimum atomic E-state index is -0.242. The normalized spacial score (nSPS) is 10.9. The highest BCUT2D eigenvalue weighted by molar-refractivity contribution is 7.99. The number of hydrogen-bond donors (Lipinski definition) is 0. The molecule has 0 atom stereocenters. The van der Waals surface area contributed by atoms with E-state index in [9.17, 15) is 4.39 Å². The molecule has 0 unspecified atom stereocenters. The SMILES string of the molecule is Cc1nc(SCCCC#N)c2c(-c3ccc(F)cc3)c(C)sc2n1. The number of nitrogens with zero attached hydrogens (tertiary/aromatic N) is 3. The van der Waals surface area contributed by atoms with E-state index in [0.29, 0.717) is 6.42 Å². The van der Waals surface area contributed by atoms with Crippen LogP contribution in [-0.2, 0) is 0 Å². The average Bonchev–Trinajstić information content (AvgIpc) is 2.88. The Labute approximate surface area is 148 Å². The van der Waals surface area contributed by atoms with Crippen LogP contribution in [0.15, 0.2) is 29.3 Å². The number of thioether (sulfide) groups is 1. The lowest BCUT2D eigenvalue weighted by atomic mass is 10.0. The zero-order chi connectivity index (χ0) is 17.1. The van der Waals surface area contributed by atoms with Gasteiger partial charge in [0.1, 0.15) is 21.5 Å². The molecular weight excluding hydrogens is 341 g/mol. The zero-order valence-corrected chi connectivity index (χ0v) is 15.1. The first-order valence-electron chi connectivity index (χ1n) is 7.63. The molecule has 0 bridgehead atoms. The summed E-state index contributed by atoms with van der Waals surface area (Å²) in [5.41, 5.74) is 2.06. The second-order valence-electron chi connectivity index (χ2n) is 5.41. The van der Waals surface area contributed by atoms with Crippen molar-refractivity contribution in [1.29, 1.82) is 5.26 Å². The maximum atomic E-state index is 13.3. The Morgan fingerprint density at radius 3 is 2.67 bits per heavy atom. The van der Waals surface area contributed by atoms with Crippen LogP contribution in [0.1, 0.15) is 23.5 Å². The van der Waals surface area contributed by atoms with Crippen molar-refractivity contribution in [2.75, 3.05) is 5.75 Å². The first kappa shape index (κ1) is 16.9. The summed E-state index contributed by atoms with van der Waals surface area (Å²) in [5, 5.41) is 10.7. The van der Waals surface area contributed by atoms with Crippen LogP contribution in [0.3, 0.4) is 0 Å². The van der Waals surface area contributed by atoms with Crippen molar-refractivity contribution in [2.45, 2.75) is 31.7 Å². The van der Waals surface area contributed by atoms with Crippen molar-refractivity contribution in [3.63, 3.8) is 0 Å². The third-order valence-corrected chi connectivity index (χ3v) is 5.67. The number of halogens is 1. The molecule has 0 spiro atoms. The van der Waals surface area contributed by atoms with Crippen LogP contribution < -0.4 is 0 Å². The van der Waals surface area contributed by atoms with E-state index >= 15 is 0 Å². The molecule has 3 aromatic rings. The maximum Gasteiger partial charge on any atom is 0.129 e. The van der Waals surface area contributed by atoms with E-state index in [4.69, 9.17) is 5.26 Å². The summed E-state index contributed by atoms with van der Waals surface area (Å²) in [7, 11) is 0. The van der Waals surface area contributed by atoms with Gasteiger partial charge in [0.25, 0.3) is 0 Å². The predicted molar refractivity (Wildman–Crippen MR) is 97.9 cm³/mol. The van der Waals surface area contributed by atoms with Gasteiger partial charge in [-0.05, 0) is 38.0 Å². The van der Waals surface area contributed by atoms with Crippen molar-refractivity contribution in [2.24, 2.45) is 0 Å². The molecule has 0 aliphatic carbocycles. The molecule has 0 aliphatic heterocycles. The molecule has 3 nitrogen and oxygen atoms in total. The summed E-state index contributed by atoms with van der Waals surface area (Å²) in [5.74, 6) is 1.35. The molecule has 1 aromatic carbocycles. The Morgan fingerprint density at radius 2 is 1.96 bits per heavy atom. The Hall–Kier alpha value is -1.97. The molecule has 3 rings (SSSR count). The van der Waals surface area contributed by atoms with Gasteiger partial charge in [0.15, 0.2) is 0 Å². The highest BCUT2D eigenvalue weighted by atomic mass is 32.2. The molecule has 0 saturated heterocycles. The van der Waals surface area contributed by atoms with E-state index in [-0.39, 0.29) is 5.82 Å². The number of unbranched alkanes of at least 4 members (excludes halogenated alkanes) is 1. The molecule has 24 heavy (non-hydrogen) atoms. The van der Waals surface area contributed by atoms with Gasteiger partial charge in [-0.25, -0.2) is 14.4 Å². The fourth-order valence-corrected chi connectivity index (χ4v) is 4.75. The number of nitriles is 1. The maximum absolute atomic E-state index is 13.3. The first-order valence-corrected chi connectivity index (χ1v) is 9.44. The molecule has 0 saturated carbocycles. The van der Waals surface area contributed by atoms with Crippen LogP contribution in [0.2, 0.25) is 0 Å². The number of benzene rings is 1. The van der Waals surface area contributed by atoms with Crippen LogP contribution in [-0.4, -0.2) is 15.7 Å². The topological polar surface area (TPSA) is 49.6 Å². The molecule has 0 fully saturated rings. The summed E-state index contributed by atoms with van der Waals surface area (Å²) < 4.78 is 13.3. The van der Waals surface area contributed by atoms with Crippen LogP contribution in [0.5, 0.6) is 0 Å². The molecule has 2 heterocycles. The molecule has 122 valence electrons. The number of aryl methyl sites for hydroxylation is 2. The van der Waals surface area contributed by atoms with E-state index < -0.39 is 0 Å². The third-order valence-electron chi connectivity index (χ3n) is 3.61. The average molecular weight is 357 g/mol. The van der Waals surface area contributed by atoms with Crippen molar-refractivity contribution in [1.82, 2.24) is 9.97 Å². The third kappa shape index (κ3) is 3.42. The Kier molecular flexibility index (Phi) is 5.12. The summed E-state index contributed by atoms with van der Waals surface area (Å²) >= 11 is 3.30. The Balaban J connectivity index is 2.10. The number of rotatable bonds is 5. The number of hydrogen-bond acceptors (Lipinski definition) is 5. The van der Waals surface area contributed by atoms with Gasteiger partial charge in [-0.2, -0.15) is 5.26 Å². The van der Waals surface area contributed by atoms with Crippen LogP contribution in [0.4, 0.5) is 4.39 Å². The number of fused-ring (bicyclic) bond motifs is 1. The van der Waals surface area contributed by atoms with Crippen molar-refractivity contribution < 1.29 is 4.39 Å². The van der Waals surface area contributed by atoms with E-state index in [1.54, 1.807) is 35.2 Å². The summed E-state index contributed by atoms with van der Waals surface area (Å²) in [6.07, 6.45) is 1.38. The van der Waals surface area contributed by atoms with Gasteiger partial charge in [0.05, 0.1) is 11.5 Å². The fourth-order valence-electron chi connectivity index (χ4n) is 2.57. The van der Waals surface area contributed by atoms with Crippen LogP contribution >= 0.6 is 23.1 Å². The van der Waals surface area contributed by atoms with Crippen molar-refractivity contribution in [3.05, 3.63) is 40.8 Å². The standard InChI is InChI=1S/C18H16FN3S2/c1-11-15(13-5-7-14(19)8-6-13)16-17(23-10-4-3-9-20)21-12(2)22-18(16)24-11/h5-8H,3-4,10H2,1-2H3. The highest BCUT2D eigenvalue weighted by Crippen LogP contribution is 2.41. The quantitative estimate of drug-likeness (QED) is 0.343. The van der Waals surface area contributed by atoms with E-state index in [1.165, 1.54) is 12.1 Å². The van der Waals surface area contributed by atoms with E-state index in [2.05, 4.69) is 23.0 Å². The minimum Gasteiger partial charge on any atom is -0.226 e. The van der Waals surface area contributed by atoms with E-state index in [1.807, 2.05) is 6.92 Å². The molecule has 0 aliphatic rings. The molecule has 0 N–H and O–H groups in total. The highest BCUT2D eigenvalue weighted by Gasteiger charge is 2.18. The summed E-state index contributed by atoms with van der Waals surface area (Å²) in [6.45, 7) is 3.95. The molecule has 2 aromatic heterocycles. The smallest absolute Gasteiger partial charge is 0.129 e. The largest absolute Gasteiger partial charge is 0.226 e. The Bertz CT molecular complexity index is 911. The second kappa shape index (κ2) is 7.29. The number of aromatic nitrogens is 2. The number of thiophene rings is 1. The lowest BCUT2D eigenvalue weighted by molar-refractivity contribution is 0.628. The van der Waals surface area contributed by atoms with Gasteiger partial charge in [0, 0.05) is 22.6 Å². The van der Waals surface area contributed by atoms with Crippen LogP contribution in [0.25, 0.3) is 21.3 Å². The van der Waals surface area contributed by atoms with Gasteiger partial charge < -0.3 is 0 Å². The molecular formula is C18H16FN3S2. The molecule has 0 radical (unpaired) electrons. The lowest BCUT2D eigenvalue weighted by Crippen LogP contribution is -1.92. The van der Waals surface area contributed by atoms with Gasteiger partial charge in [-0.15, -0.1) is 23.1 Å². The van der Waals surface area contributed by atoms with Crippen molar-refractivity contribution >= 4 is 33.3 Å². The van der Waals surface area contributed by atoms with Gasteiger partial charge >= 0.3 is 0 Å². The molecule has 6 heteroatoms.